The molecule has 200 valence electrons. The molecule has 7 nitrogen and oxygen atoms in total. The van der Waals surface area contributed by atoms with Crippen molar-refractivity contribution in [2.24, 2.45) is 5.10 Å². The number of hydrogen-bond acceptors (Lipinski definition) is 5. The molecule has 0 spiro atoms. The molecule has 10 heteroatoms. The van der Waals surface area contributed by atoms with Crippen molar-refractivity contribution in [1.82, 2.24) is 10.4 Å². The number of fused-ring (bicyclic) bond motifs is 1. The second-order valence-corrected chi connectivity index (χ2v) is 11.1. The fourth-order valence-corrected chi connectivity index (χ4v) is 5.21. The number of ether oxygens (including phenoxy) is 2. The van der Waals surface area contributed by atoms with Gasteiger partial charge in [-0.3, -0.25) is 4.79 Å². The summed E-state index contributed by atoms with van der Waals surface area (Å²) in [5.41, 5.74) is 6.14. The Labute approximate surface area is 256 Å². The van der Waals surface area contributed by atoms with Crippen LogP contribution in [0.4, 0.5) is 0 Å². The third kappa shape index (κ3) is 6.06. The molecule has 0 saturated carbocycles. The fraction of sp³-hybridized carbons (Fsp3) is 0.0333. The lowest BCUT2D eigenvalue weighted by Crippen LogP contribution is -2.19. The lowest BCUT2D eigenvalue weighted by molar-refractivity contribution is 0.0730. The predicted octanol–water partition coefficient (Wildman–Crippen LogP) is 7.85. The molecule has 40 heavy (non-hydrogen) atoms. The molecule has 0 unspecified atom stereocenters. The molecule has 5 rings (SSSR count). The second kappa shape index (κ2) is 12.2. The zero-order valence-corrected chi connectivity index (χ0v) is 25.4. The molecule has 1 amide bonds. The number of esters is 1. The molecule has 1 aromatic heterocycles. The van der Waals surface area contributed by atoms with Gasteiger partial charge in [0.2, 0.25) is 0 Å². The number of aromatic nitrogens is 1. The number of aromatic amines is 1. The number of carbonyl (C=O) groups is 2. The number of nitrogens with zero attached hydrogens (tertiary/aromatic N) is 1. The number of rotatable bonds is 7. The van der Waals surface area contributed by atoms with Crippen LogP contribution in [0.15, 0.2) is 94.5 Å². The van der Waals surface area contributed by atoms with E-state index in [4.69, 9.17) is 21.1 Å². The third-order valence-electron chi connectivity index (χ3n) is 5.98. The number of hydrogen-bond donors (Lipinski definition) is 2. The van der Waals surface area contributed by atoms with E-state index in [2.05, 4.69) is 54.0 Å². The maximum Gasteiger partial charge on any atom is 0.347 e. The standard InChI is InChI=1S/C30H20BrClIN3O4/c1-39-26-12-8-20(32)14-23(26)30(38)40-25-11-7-19(31)13-18(25)16-34-36-29(37)28-27(17-5-3-2-4-6-17)22-15-21(33)9-10-24(22)35-28/h2-16,35H,1H3,(H,36,37). The van der Waals surface area contributed by atoms with Crippen LogP contribution in [0.2, 0.25) is 5.02 Å². The Hall–Kier alpha value is -3.67. The van der Waals surface area contributed by atoms with Gasteiger partial charge < -0.3 is 14.5 Å². The van der Waals surface area contributed by atoms with Gasteiger partial charge in [0, 0.05) is 35.1 Å². The minimum absolute atomic E-state index is 0.177. The zero-order valence-electron chi connectivity index (χ0n) is 20.9. The minimum atomic E-state index is -0.652. The minimum Gasteiger partial charge on any atom is -0.496 e. The first kappa shape index (κ1) is 27.9. The van der Waals surface area contributed by atoms with Crippen LogP contribution < -0.4 is 14.9 Å². The van der Waals surface area contributed by atoms with Gasteiger partial charge in [-0.05, 0) is 82.8 Å². The van der Waals surface area contributed by atoms with Gasteiger partial charge >= 0.3 is 5.97 Å². The number of methoxy groups -OCH3 is 1. The highest BCUT2D eigenvalue weighted by Gasteiger charge is 2.20. The molecule has 0 fully saturated rings. The SMILES string of the molecule is COc1ccc(Cl)cc1C(=O)Oc1ccc(Br)cc1C=NNC(=O)c1[nH]c2ccc(I)cc2c1-c1ccccc1. The summed E-state index contributed by atoms with van der Waals surface area (Å²) in [7, 11) is 1.46. The van der Waals surface area contributed by atoms with Crippen molar-refractivity contribution in [3.63, 3.8) is 0 Å². The quantitative estimate of drug-likeness (QED) is 0.0588. The van der Waals surface area contributed by atoms with Crippen LogP contribution in [0.3, 0.4) is 0 Å². The monoisotopic (exact) mass is 727 g/mol. The Balaban J connectivity index is 1.42. The van der Waals surface area contributed by atoms with E-state index in [1.807, 2.05) is 48.5 Å². The Morgan fingerprint density at radius 1 is 1.00 bits per heavy atom. The highest BCUT2D eigenvalue weighted by atomic mass is 127. The van der Waals surface area contributed by atoms with E-state index in [-0.39, 0.29) is 11.3 Å². The number of H-pyrrole nitrogens is 1. The molecular weight excluding hydrogens is 709 g/mol. The lowest BCUT2D eigenvalue weighted by Gasteiger charge is -2.11. The molecule has 0 bridgehead atoms. The summed E-state index contributed by atoms with van der Waals surface area (Å²) in [6, 6.07) is 25.4. The largest absolute Gasteiger partial charge is 0.496 e. The van der Waals surface area contributed by atoms with E-state index < -0.39 is 11.9 Å². The van der Waals surface area contributed by atoms with Gasteiger partial charge in [0.1, 0.15) is 22.8 Å². The second-order valence-electron chi connectivity index (χ2n) is 8.55. The van der Waals surface area contributed by atoms with Crippen LogP contribution in [-0.4, -0.2) is 30.2 Å². The first-order chi connectivity index (χ1) is 19.3. The van der Waals surface area contributed by atoms with Crippen molar-refractivity contribution in [3.8, 4) is 22.6 Å². The average molecular weight is 729 g/mol. The summed E-state index contributed by atoms with van der Waals surface area (Å²) in [5.74, 6) is -0.506. The smallest absolute Gasteiger partial charge is 0.347 e. The van der Waals surface area contributed by atoms with Gasteiger partial charge in [0.15, 0.2) is 0 Å². The van der Waals surface area contributed by atoms with Crippen LogP contribution in [0.1, 0.15) is 26.4 Å². The van der Waals surface area contributed by atoms with E-state index in [0.29, 0.717) is 22.0 Å². The molecule has 0 aliphatic carbocycles. The maximum absolute atomic E-state index is 13.3. The molecule has 5 aromatic rings. The van der Waals surface area contributed by atoms with E-state index in [0.717, 1.165) is 30.1 Å². The number of hydrazone groups is 1. The van der Waals surface area contributed by atoms with Gasteiger partial charge in [0.05, 0.1) is 13.3 Å². The maximum atomic E-state index is 13.3. The van der Waals surface area contributed by atoms with E-state index in [1.165, 1.54) is 19.4 Å². The van der Waals surface area contributed by atoms with Crippen molar-refractivity contribution < 1.29 is 19.1 Å². The Kier molecular flexibility index (Phi) is 8.53. The van der Waals surface area contributed by atoms with Gasteiger partial charge in [-0.25, -0.2) is 10.2 Å². The van der Waals surface area contributed by atoms with Crippen LogP contribution >= 0.6 is 50.1 Å². The van der Waals surface area contributed by atoms with Crippen LogP contribution in [0.25, 0.3) is 22.0 Å². The first-order valence-electron chi connectivity index (χ1n) is 11.9. The van der Waals surface area contributed by atoms with Crippen molar-refractivity contribution in [3.05, 3.63) is 115 Å². The summed E-state index contributed by atoms with van der Waals surface area (Å²) in [6.07, 6.45) is 1.41. The summed E-state index contributed by atoms with van der Waals surface area (Å²) in [4.78, 5) is 29.5. The normalized spacial score (nSPS) is 11.1. The van der Waals surface area contributed by atoms with E-state index in [1.54, 1.807) is 30.3 Å². The van der Waals surface area contributed by atoms with E-state index >= 15 is 0 Å². The topological polar surface area (TPSA) is 92.8 Å². The van der Waals surface area contributed by atoms with Crippen LogP contribution in [0.5, 0.6) is 11.5 Å². The van der Waals surface area contributed by atoms with Gasteiger partial charge in [-0.2, -0.15) is 5.10 Å². The number of benzene rings is 4. The number of nitrogens with one attached hydrogen (secondary N) is 2. The van der Waals surface area contributed by atoms with Crippen LogP contribution in [0, 0.1) is 3.57 Å². The highest BCUT2D eigenvalue weighted by molar-refractivity contribution is 14.1. The van der Waals surface area contributed by atoms with Gasteiger partial charge in [0.25, 0.3) is 5.91 Å². The lowest BCUT2D eigenvalue weighted by atomic mass is 10.0. The Morgan fingerprint density at radius 2 is 1.77 bits per heavy atom. The Morgan fingerprint density at radius 3 is 2.55 bits per heavy atom. The summed E-state index contributed by atoms with van der Waals surface area (Å²) in [5, 5.41) is 5.47. The molecule has 2 N–H and O–H groups in total. The predicted molar refractivity (Wildman–Crippen MR) is 169 cm³/mol. The number of halogens is 3. The molecule has 0 radical (unpaired) electrons. The summed E-state index contributed by atoms with van der Waals surface area (Å²) in [6.45, 7) is 0. The molecule has 0 aliphatic heterocycles. The number of amides is 1. The molecular formula is C30H20BrClIN3O4. The van der Waals surface area contributed by atoms with Crippen LogP contribution in [-0.2, 0) is 0 Å². The summed E-state index contributed by atoms with van der Waals surface area (Å²) < 4.78 is 12.7. The fourth-order valence-electron chi connectivity index (χ4n) is 4.16. The van der Waals surface area contributed by atoms with Gasteiger partial charge in [-0.15, -0.1) is 0 Å². The van der Waals surface area contributed by atoms with Gasteiger partial charge in [-0.1, -0.05) is 57.9 Å². The third-order valence-corrected chi connectivity index (χ3v) is 7.38. The highest BCUT2D eigenvalue weighted by Crippen LogP contribution is 2.33. The van der Waals surface area contributed by atoms with Crippen molar-refractivity contribution in [2.45, 2.75) is 0 Å². The average Bonchev–Trinajstić information content (AvgIpc) is 3.33. The van der Waals surface area contributed by atoms with E-state index in [9.17, 15) is 9.59 Å². The summed E-state index contributed by atoms with van der Waals surface area (Å²) >= 11 is 11.7. The molecule has 1 heterocycles. The first-order valence-corrected chi connectivity index (χ1v) is 14.1. The molecule has 4 aromatic carbocycles. The zero-order chi connectivity index (χ0) is 28.2. The molecule has 0 aliphatic rings. The molecule has 0 atom stereocenters. The van der Waals surface area contributed by atoms with Crippen molar-refractivity contribution >= 4 is 79.1 Å². The number of carbonyl (C=O) groups excluding carboxylic acids is 2. The van der Waals surface area contributed by atoms with Crippen molar-refractivity contribution in [2.75, 3.05) is 7.11 Å². The van der Waals surface area contributed by atoms with Crippen molar-refractivity contribution in [1.29, 1.82) is 0 Å². The molecule has 0 saturated heterocycles. The Bertz CT molecular complexity index is 1770.